The zero-order chi connectivity index (χ0) is 20.5. The molecule has 0 radical (unpaired) electrons. The van der Waals surface area contributed by atoms with Gasteiger partial charge in [0, 0.05) is 18.7 Å². The molecule has 3 rings (SSSR count). The van der Waals surface area contributed by atoms with Gasteiger partial charge in [-0.2, -0.15) is 18.4 Å². The average Bonchev–Trinajstić information content (AvgIpc) is 2.65. The van der Waals surface area contributed by atoms with E-state index in [-0.39, 0.29) is 6.54 Å². The van der Waals surface area contributed by atoms with E-state index in [1.165, 1.54) is 11.0 Å². The Balaban J connectivity index is 2.19. The first kappa shape index (κ1) is 19.5. The molecule has 0 bridgehead atoms. The van der Waals surface area contributed by atoms with Crippen LogP contribution in [0.4, 0.5) is 18.9 Å². The van der Waals surface area contributed by atoms with Crippen LogP contribution in [0.25, 0.3) is 0 Å². The normalized spacial score (nSPS) is 20.2. The molecule has 4 nitrogen and oxygen atoms in total. The summed E-state index contributed by atoms with van der Waals surface area (Å²) in [6.07, 6.45) is -5.30. The lowest BCUT2D eigenvalue weighted by Gasteiger charge is -2.46. The van der Waals surface area contributed by atoms with Gasteiger partial charge in [0.05, 0.1) is 11.1 Å². The second kappa shape index (κ2) is 7.04. The van der Waals surface area contributed by atoms with Crippen molar-refractivity contribution in [1.29, 1.82) is 5.26 Å². The predicted octanol–water partition coefficient (Wildman–Crippen LogP) is 4.30. The lowest BCUT2D eigenvalue weighted by molar-refractivity contribution is -0.141. The highest BCUT2D eigenvalue weighted by Crippen LogP contribution is 2.46. The Bertz CT molecular complexity index is 976. The minimum atomic E-state index is -4.78. The minimum Gasteiger partial charge on any atom is -0.399 e. The van der Waals surface area contributed by atoms with Crippen molar-refractivity contribution in [2.45, 2.75) is 31.6 Å². The summed E-state index contributed by atoms with van der Waals surface area (Å²) in [5.74, 6) is -0.935. The van der Waals surface area contributed by atoms with Gasteiger partial charge in [-0.15, -0.1) is 0 Å². The molecule has 1 unspecified atom stereocenters. The average molecular weight is 385 g/mol. The summed E-state index contributed by atoms with van der Waals surface area (Å²) in [4.78, 5) is 14.3. The smallest absolute Gasteiger partial charge is 0.399 e. The molecule has 1 atom stereocenters. The maximum atomic E-state index is 13.6. The standard InChI is InChI=1S/C21H18F3N3O/c1-20(15-8-5-9-16(26)10-15)11-18(21(22,23)24)17(12-25)19(28)27(20)13-14-6-3-2-4-7-14/h2-10H,11,13,26H2,1H3. The Morgan fingerprint density at radius 1 is 1.18 bits per heavy atom. The van der Waals surface area contributed by atoms with E-state index in [1.807, 2.05) is 0 Å². The van der Waals surface area contributed by atoms with E-state index in [9.17, 15) is 23.2 Å². The summed E-state index contributed by atoms with van der Waals surface area (Å²) < 4.78 is 40.9. The summed E-state index contributed by atoms with van der Waals surface area (Å²) >= 11 is 0. The quantitative estimate of drug-likeness (QED) is 0.801. The molecule has 0 aliphatic carbocycles. The van der Waals surface area contributed by atoms with Crippen LogP contribution in [0.15, 0.2) is 65.7 Å². The number of rotatable bonds is 3. The monoisotopic (exact) mass is 385 g/mol. The molecular formula is C21H18F3N3O. The van der Waals surface area contributed by atoms with Crippen molar-refractivity contribution in [2.24, 2.45) is 0 Å². The Hall–Kier alpha value is -3.27. The van der Waals surface area contributed by atoms with E-state index in [1.54, 1.807) is 61.5 Å². The molecule has 2 aromatic carbocycles. The van der Waals surface area contributed by atoms with E-state index >= 15 is 0 Å². The molecule has 0 fully saturated rings. The largest absolute Gasteiger partial charge is 0.414 e. The number of alkyl halides is 3. The third kappa shape index (κ3) is 3.46. The van der Waals surface area contributed by atoms with Gasteiger partial charge in [0.25, 0.3) is 5.91 Å². The molecule has 2 aromatic rings. The number of carbonyl (C=O) groups is 1. The van der Waals surface area contributed by atoms with Crippen LogP contribution in [0.2, 0.25) is 0 Å². The van der Waals surface area contributed by atoms with Crippen molar-refractivity contribution in [3.63, 3.8) is 0 Å². The van der Waals surface area contributed by atoms with Gasteiger partial charge in [-0.05, 0) is 30.2 Å². The Morgan fingerprint density at radius 2 is 1.86 bits per heavy atom. The van der Waals surface area contributed by atoms with Gasteiger partial charge in [0.15, 0.2) is 0 Å². The number of carbonyl (C=O) groups excluding carboxylic acids is 1. The molecule has 0 spiro atoms. The first-order valence-electron chi connectivity index (χ1n) is 8.59. The van der Waals surface area contributed by atoms with E-state index < -0.39 is 35.2 Å². The number of nitriles is 1. The molecule has 0 saturated carbocycles. The van der Waals surface area contributed by atoms with E-state index in [0.29, 0.717) is 11.3 Å². The molecule has 1 aliphatic rings. The van der Waals surface area contributed by atoms with Gasteiger partial charge in [0.1, 0.15) is 11.6 Å². The Morgan fingerprint density at radius 3 is 2.43 bits per heavy atom. The summed E-state index contributed by atoms with van der Waals surface area (Å²) in [5.41, 5.74) is 4.18. The topological polar surface area (TPSA) is 70.1 Å². The van der Waals surface area contributed by atoms with Gasteiger partial charge in [0.2, 0.25) is 0 Å². The number of amides is 1. The number of hydrogen-bond donors (Lipinski definition) is 1. The number of nitrogens with zero attached hydrogens (tertiary/aromatic N) is 2. The maximum absolute atomic E-state index is 13.6. The molecule has 0 saturated heterocycles. The van der Waals surface area contributed by atoms with Crippen LogP contribution in [0.5, 0.6) is 0 Å². The highest BCUT2D eigenvalue weighted by Gasteiger charge is 2.51. The second-order valence-corrected chi connectivity index (χ2v) is 6.92. The molecule has 2 N–H and O–H groups in total. The molecule has 144 valence electrons. The van der Waals surface area contributed by atoms with Crippen molar-refractivity contribution in [3.05, 3.63) is 76.9 Å². The lowest BCUT2D eigenvalue weighted by Crippen LogP contribution is -2.52. The molecule has 1 amide bonds. The Kier molecular flexibility index (Phi) is 4.90. The Labute approximate surface area is 160 Å². The maximum Gasteiger partial charge on any atom is 0.414 e. The van der Waals surface area contributed by atoms with E-state index in [4.69, 9.17) is 5.73 Å². The number of halogens is 3. The lowest BCUT2D eigenvalue weighted by atomic mass is 9.78. The van der Waals surface area contributed by atoms with Crippen molar-refractivity contribution < 1.29 is 18.0 Å². The summed E-state index contributed by atoms with van der Waals surface area (Å²) in [6, 6.07) is 16.9. The number of nitrogen functional groups attached to an aromatic ring is 1. The first-order chi connectivity index (χ1) is 13.2. The zero-order valence-corrected chi connectivity index (χ0v) is 15.1. The predicted molar refractivity (Wildman–Crippen MR) is 98.5 cm³/mol. The highest BCUT2D eigenvalue weighted by atomic mass is 19.4. The van der Waals surface area contributed by atoms with Crippen molar-refractivity contribution in [3.8, 4) is 6.07 Å². The molecule has 28 heavy (non-hydrogen) atoms. The molecule has 7 heteroatoms. The third-order valence-electron chi connectivity index (χ3n) is 5.02. The van der Waals surface area contributed by atoms with Crippen LogP contribution in [-0.2, 0) is 16.9 Å². The van der Waals surface area contributed by atoms with Gasteiger partial charge in [-0.25, -0.2) is 0 Å². The molecule has 1 aliphatic heterocycles. The van der Waals surface area contributed by atoms with Gasteiger partial charge < -0.3 is 10.6 Å². The fourth-order valence-corrected chi connectivity index (χ4v) is 3.52. The summed E-state index contributed by atoms with van der Waals surface area (Å²) in [7, 11) is 0. The van der Waals surface area contributed by atoms with Crippen molar-refractivity contribution >= 4 is 11.6 Å². The van der Waals surface area contributed by atoms with Gasteiger partial charge >= 0.3 is 6.18 Å². The SMILES string of the molecule is CC1(c2cccc(N)c2)CC(C(F)(F)F)=C(C#N)C(=O)N1Cc1ccccc1. The van der Waals surface area contributed by atoms with Crippen LogP contribution in [0, 0.1) is 11.3 Å². The number of benzene rings is 2. The number of anilines is 1. The molecule has 0 aromatic heterocycles. The van der Waals surface area contributed by atoms with Crippen LogP contribution >= 0.6 is 0 Å². The van der Waals surface area contributed by atoms with Gasteiger partial charge in [-0.3, -0.25) is 4.79 Å². The molecular weight excluding hydrogens is 367 g/mol. The highest BCUT2D eigenvalue weighted by molar-refractivity contribution is 6.00. The van der Waals surface area contributed by atoms with Crippen LogP contribution < -0.4 is 5.73 Å². The second-order valence-electron chi connectivity index (χ2n) is 6.92. The summed E-state index contributed by atoms with van der Waals surface area (Å²) in [6.45, 7) is 1.64. The number of nitrogens with two attached hydrogens (primary N) is 1. The zero-order valence-electron chi connectivity index (χ0n) is 15.1. The minimum absolute atomic E-state index is 0.0707. The third-order valence-corrected chi connectivity index (χ3v) is 5.02. The van der Waals surface area contributed by atoms with Crippen LogP contribution in [0.1, 0.15) is 24.5 Å². The van der Waals surface area contributed by atoms with Crippen LogP contribution in [-0.4, -0.2) is 17.0 Å². The van der Waals surface area contributed by atoms with Crippen molar-refractivity contribution in [2.75, 3.05) is 5.73 Å². The van der Waals surface area contributed by atoms with Crippen LogP contribution in [0.3, 0.4) is 0 Å². The summed E-state index contributed by atoms with van der Waals surface area (Å²) in [5, 5.41) is 9.29. The number of hydrogen-bond acceptors (Lipinski definition) is 3. The fraction of sp³-hybridized carbons (Fsp3) is 0.238. The van der Waals surface area contributed by atoms with E-state index in [2.05, 4.69) is 0 Å². The first-order valence-corrected chi connectivity index (χ1v) is 8.59. The molecule has 1 heterocycles. The van der Waals surface area contributed by atoms with Gasteiger partial charge in [-0.1, -0.05) is 42.5 Å². The van der Waals surface area contributed by atoms with Crippen molar-refractivity contribution in [1.82, 2.24) is 4.90 Å². The van der Waals surface area contributed by atoms with E-state index in [0.717, 1.165) is 5.56 Å². The fourth-order valence-electron chi connectivity index (χ4n) is 3.52.